The molecule has 0 aliphatic carbocycles. The Kier molecular flexibility index (Phi) is 2.83. The zero-order chi connectivity index (χ0) is 12.5. The fourth-order valence-corrected chi connectivity index (χ4v) is 2.51. The van der Waals surface area contributed by atoms with Crippen molar-refractivity contribution in [3.05, 3.63) is 17.8 Å². The maximum Gasteiger partial charge on any atom is 0.199 e. The Morgan fingerprint density at radius 1 is 1.56 bits per heavy atom. The van der Waals surface area contributed by atoms with Crippen molar-refractivity contribution in [1.82, 2.24) is 9.55 Å². The molecule has 0 unspecified atom stereocenters. The Hall–Kier alpha value is -1.75. The van der Waals surface area contributed by atoms with Crippen LogP contribution in [0.3, 0.4) is 0 Å². The molecule has 0 saturated carbocycles. The molecule has 96 valence electrons. The summed E-state index contributed by atoms with van der Waals surface area (Å²) in [6, 6.07) is 2.02. The smallest absolute Gasteiger partial charge is 0.199 e. The maximum absolute atomic E-state index is 5.79. The Balaban J connectivity index is 2.25. The van der Waals surface area contributed by atoms with Gasteiger partial charge in [-0.15, -0.1) is 0 Å². The van der Waals surface area contributed by atoms with Gasteiger partial charge in [0.25, 0.3) is 0 Å². The summed E-state index contributed by atoms with van der Waals surface area (Å²) in [6.07, 6.45) is 3.57. The average Bonchev–Trinajstić information content (AvgIpc) is 2.73. The number of nitrogens with zero attached hydrogens (tertiary/aromatic N) is 2. The van der Waals surface area contributed by atoms with E-state index in [0.717, 1.165) is 54.2 Å². The molecule has 2 aromatic heterocycles. The van der Waals surface area contributed by atoms with Crippen LogP contribution in [0.15, 0.2) is 12.3 Å². The van der Waals surface area contributed by atoms with E-state index in [1.807, 2.05) is 6.07 Å². The molecule has 0 radical (unpaired) electrons. The van der Waals surface area contributed by atoms with Gasteiger partial charge in [0.05, 0.1) is 19.9 Å². The topological polar surface area (TPSA) is 62.3 Å². The molecule has 5 nitrogen and oxygen atoms in total. The summed E-state index contributed by atoms with van der Waals surface area (Å²) in [5.41, 5.74) is 7.82. The predicted octanol–water partition coefficient (Wildman–Crippen LogP) is 1.33. The van der Waals surface area contributed by atoms with Gasteiger partial charge in [-0.3, -0.25) is 4.57 Å². The van der Waals surface area contributed by atoms with Crippen LogP contribution in [-0.2, 0) is 13.0 Å². The van der Waals surface area contributed by atoms with E-state index in [1.165, 1.54) is 0 Å². The van der Waals surface area contributed by atoms with Gasteiger partial charge in [-0.25, -0.2) is 4.98 Å². The van der Waals surface area contributed by atoms with Crippen LogP contribution in [0.25, 0.3) is 11.0 Å². The second-order valence-corrected chi connectivity index (χ2v) is 4.42. The van der Waals surface area contributed by atoms with Crippen molar-refractivity contribution < 1.29 is 9.47 Å². The molecular weight excluding hydrogens is 230 g/mol. The third-order valence-corrected chi connectivity index (χ3v) is 3.32. The Labute approximate surface area is 106 Å². The quantitative estimate of drug-likeness (QED) is 0.888. The van der Waals surface area contributed by atoms with Gasteiger partial charge in [-0.2, -0.15) is 0 Å². The molecule has 3 rings (SSSR count). The van der Waals surface area contributed by atoms with Gasteiger partial charge in [0.15, 0.2) is 5.88 Å². The number of ether oxygens (including phenoxy) is 2. The summed E-state index contributed by atoms with van der Waals surface area (Å²) in [4.78, 5) is 4.49. The third kappa shape index (κ3) is 1.62. The summed E-state index contributed by atoms with van der Waals surface area (Å²) < 4.78 is 13.2. The Morgan fingerprint density at radius 2 is 2.44 bits per heavy atom. The standard InChI is InChI=1S/C13H17N3O2/c1-17-9-7-11-10(3-4-14)13-16(5-2-6-18-13)12(11)15-8-9/h7-8H,2-6,14H2,1H3. The summed E-state index contributed by atoms with van der Waals surface area (Å²) >= 11 is 0. The van der Waals surface area contributed by atoms with Crippen molar-refractivity contribution in [2.45, 2.75) is 19.4 Å². The Morgan fingerprint density at radius 3 is 3.22 bits per heavy atom. The first-order valence-electron chi connectivity index (χ1n) is 6.23. The first kappa shape index (κ1) is 11.3. The molecule has 0 fully saturated rings. The van der Waals surface area contributed by atoms with Gasteiger partial charge in [-0.1, -0.05) is 0 Å². The van der Waals surface area contributed by atoms with Crippen molar-refractivity contribution >= 4 is 11.0 Å². The minimum Gasteiger partial charge on any atom is -0.495 e. The highest BCUT2D eigenvalue weighted by atomic mass is 16.5. The number of fused-ring (bicyclic) bond motifs is 3. The molecule has 0 amide bonds. The van der Waals surface area contributed by atoms with Gasteiger partial charge < -0.3 is 15.2 Å². The van der Waals surface area contributed by atoms with Crippen LogP contribution in [0.4, 0.5) is 0 Å². The fraction of sp³-hybridized carbons (Fsp3) is 0.462. The zero-order valence-electron chi connectivity index (χ0n) is 10.5. The molecule has 0 aromatic carbocycles. The lowest BCUT2D eigenvalue weighted by atomic mass is 10.1. The van der Waals surface area contributed by atoms with Crippen molar-refractivity contribution in [2.75, 3.05) is 20.3 Å². The lowest BCUT2D eigenvalue weighted by Gasteiger charge is -2.17. The molecule has 1 aliphatic heterocycles. The van der Waals surface area contributed by atoms with E-state index in [1.54, 1.807) is 13.3 Å². The number of rotatable bonds is 3. The van der Waals surface area contributed by atoms with Crippen LogP contribution in [0, 0.1) is 0 Å². The normalized spacial score (nSPS) is 14.3. The number of hydrogen-bond donors (Lipinski definition) is 1. The van der Waals surface area contributed by atoms with E-state index in [-0.39, 0.29) is 0 Å². The van der Waals surface area contributed by atoms with Crippen LogP contribution >= 0.6 is 0 Å². The molecule has 0 spiro atoms. The second-order valence-electron chi connectivity index (χ2n) is 4.42. The van der Waals surface area contributed by atoms with E-state index in [9.17, 15) is 0 Å². The lowest BCUT2D eigenvalue weighted by Crippen LogP contribution is -2.15. The van der Waals surface area contributed by atoms with Gasteiger partial charge in [0.2, 0.25) is 0 Å². The number of hydrogen-bond acceptors (Lipinski definition) is 4. The van der Waals surface area contributed by atoms with Crippen molar-refractivity contribution in [2.24, 2.45) is 5.73 Å². The summed E-state index contributed by atoms with van der Waals surface area (Å²) in [7, 11) is 1.65. The molecule has 2 aromatic rings. The van der Waals surface area contributed by atoms with Crippen molar-refractivity contribution in [1.29, 1.82) is 0 Å². The molecule has 3 heterocycles. The van der Waals surface area contributed by atoms with E-state index in [2.05, 4.69) is 9.55 Å². The maximum atomic E-state index is 5.79. The van der Waals surface area contributed by atoms with Crippen LogP contribution in [-0.4, -0.2) is 29.8 Å². The van der Waals surface area contributed by atoms with Gasteiger partial charge in [-0.05, 0) is 25.5 Å². The zero-order valence-corrected chi connectivity index (χ0v) is 10.5. The Bertz CT molecular complexity index is 577. The van der Waals surface area contributed by atoms with Gasteiger partial charge in [0, 0.05) is 17.5 Å². The van der Waals surface area contributed by atoms with E-state index < -0.39 is 0 Å². The number of methoxy groups -OCH3 is 1. The van der Waals surface area contributed by atoms with Crippen LogP contribution < -0.4 is 15.2 Å². The highest BCUT2D eigenvalue weighted by Gasteiger charge is 2.21. The first-order chi connectivity index (χ1) is 8.85. The summed E-state index contributed by atoms with van der Waals surface area (Å²) in [6.45, 7) is 2.33. The average molecular weight is 247 g/mol. The second kappa shape index (κ2) is 4.49. The predicted molar refractivity (Wildman–Crippen MR) is 69.2 cm³/mol. The number of pyridine rings is 1. The monoisotopic (exact) mass is 247 g/mol. The summed E-state index contributed by atoms with van der Waals surface area (Å²) in [5.74, 6) is 1.70. The minimum absolute atomic E-state index is 0.604. The van der Waals surface area contributed by atoms with Crippen LogP contribution in [0.2, 0.25) is 0 Å². The minimum atomic E-state index is 0.604. The van der Waals surface area contributed by atoms with Crippen LogP contribution in [0.1, 0.15) is 12.0 Å². The van der Waals surface area contributed by atoms with Crippen LogP contribution in [0.5, 0.6) is 11.6 Å². The van der Waals surface area contributed by atoms with E-state index in [0.29, 0.717) is 6.54 Å². The molecule has 0 bridgehead atoms. The molecule has 1 aliphatic rings. The molecular formula is C13H17N3O2. The largest absolute Gasteiger partial charge is 0.495 e. The lowest BCUT2D eigenvalue weighted by molar-refractivity contribution is 0.241. The highest BCUT2D eigenvalue weighted by molar-refractivity contribution is 5.85. The van der Waals surface area contributed by atoms with Crippen molar-refractivity contribution in [3.8, 4) is 11.6 Å². The number of nitrogens with two attached hydrogens (primary N) is 1. The molecule has 0 atom stereocenters. The SMILES string of the molecule is COc1cnc2c(c1)c(CCN)c1n2CCCO1. The van der Waals surface area contributed by atoms with Crippen molar-refractivity contribution in [3.63, 3.8) is 0 Å². The molecule has 5 heteroatoms. The van der Waals surface area contributed by atoms with E-state index in [4.69, 9.17) is 15.2 Å². The molecule has 2 N–H and O–H groups in total. The van der Waals surface area contributed by atoms with E-state index >= 15 is 0 Å². The summed E-state index contributed by atoms with van der Waals surface area (Å²) in [5, 5.41) is 1.09. The fourth-order valence-electron chi connectivity index (χ4n) is 2.51. The third-order valence-electron chi connectivity index (χ3n) is 3.32. The highest BCUT2D eigenvalue weighted by Crippen LogP contribution is 2.35. The first-order valence-corrected chi connectivity index (χ1v) is 6.23. The van der Waals surface area contributed by atoms with Gasteiger partial charge >= 0.3 is 0 Å². The van der Waals surface area contributed by atoms with Gasteiger partial charge in [0.1, 0.15) is 11.4 Å². The molecule has 18 heavy (non-hydrogen) atoms. The molecule has 0 saturated heterocycles. The number of aromatic nitrogens is 2. The number of aryl methyl sites for hydroxylation is 1.